The lowest BCUT2D eigenvalue weighted by atomic mass is 9.86. The molecule has 1 aromatic carbocycles. The van der Waals surface area contributed by atoms with Crippen molar-refractivity contribution >= 4 is 21.6 Å². The Labute approximate surface area is 162 Å². The fourth-order valence-corrected chi connectivity index (χ4v) is 3.80. The number of carbonyl (C=O) groups excluding carboxylic acids is 1. The minimum atomic E-state index is -3.54. The SMILES string of the molecule is CN(C)CCCNC(=O)C1CN(S(C)(=O)=O)c2cc(C(C)(C)C)ccc2O1. The van der Waals surface area contributed by atoms with Crippen LogP contribution in [0, 0.1) is 0 Å². The second-order valence-corrected chi connectivity index (χ2v) is 10.2. The first-order chi connectivity index (χ1) is 12.4. The summed E-state index contributed by atoms with van der Waals surface area (Å²) in [6, 6.07) is 5.50. The molecule has 1 heterocycles. The number of hydrogen-bond acceptors (Lipinski definition) is 5. The fraction of sp³-hybridized carbons (Fsp3) is 0.632. The smallest absolute Gasteiger partial charge is 0.263 e. The van der Waals surface area contributed by atoms with Crippen molar-refractivity contribution in [1.29, 1.82) is 0 Å². The highest BCUT2D eigenvalue weighted by molar-refractivity contribution is 7.92. The summed E-state index contributed by atoms with van der Waals surface area (Å²) in [5, 5.41) is 2.83. The number of amides is 1. The van der Waals surface area contributed by atoms with Crippen LogP contribution < -0.4 is 14.4 Å². The van der Waals surface area contributed by atoms with Crippen LogP contribution in [0.1, 0.15) is 32.8 Å². The molecule has 27 heavy (non-hydrogen) atoms. The van der Waals surface area contributed by atoms with Crippen molar-refractivity contribution in [3.05, 3.63) is 23.8 Å². The third-order valence-corrected chi connectivity index (χ3v) is 5.62. The number of rotatable bonds is 6. The zero-order valence-corrected chi connectivity index (χ0v) is 17.9. The minimum absolute atomic E-state index is 0.0288. The monoisotopic (exact) mass is 397 g/mol. The molecule has 1 amide bonds. The summed E-state index contributed by atoms with van der Waals surface area (Å²) in [5.41, 5.74) is 1.37. The lowest BCUT2D eigenvalue weighted by Gasteiger charge is -2.35. The molecule has 0 saturated heterocycles. The maximum Gasteiger partial charge on any atom is 0.263 e. The van der Waals surface area contributed by atoms with Crippen molar-refractivity contribution in [3.63, 3.8) is 0 Å². The maximum absolute atomic E-state index is 12.5. The Hall–Kier alpha value is -1.80. The number of anilines is 1. The molecule has 1 N–H and O–H groups in total. The van der Waals surface area contributed by atoms with Crippen molar-refractivity contribution in [2.45, 2.75) is 38.7 Å². The van der Waals surface area contributed by atoms with Crippen LogP contribution in [-0.4, -0.2) is 65.3 Å². The van der Waals surface area contributed by atoms with Crippen LogP contribution in [0.3, 0.4) is 0 Å². The summed E-state index contributed by atoms with van der Waals surface area (Å²) in [4.78, 5) is 14.5. The zero-order valence-electron chi connectivity index (χ0n) is 17.1. The molecule has 8 heteroatoms. The molecule has 1 atom stereocenters. The topological polar surface area (TPSA) is 79.0 Å². The molecule has 0 aliphatic carbocycles. The fourth-order valence-electron chi connectivity index (χ4n) is 2.89. The highest BCUT2D eigenvalue weighted by Crippen LogP contribution is 2.38. The molecule has 0 bridgehead atoms. The molecule has 2 rings (SSSR count). The number of ether oxygens (including phenoxy) is 1. The Kier molecular flexibility index (Phi) is 6.42. The molecule has 1 aliphatic rings. The van der Waals surface area contributed by atoms with E-state index in [9.17, 15) is 13.2 Å². The Bertz CT molecular complexity index is 785. The van der Waals surface area contributed by atoms with E-state index in [0.29, 0.717) is 18.0 Å². The van der Waals surface area contributed by atoms with E-state index in [2.05, 4.69) is 26.1 Å². The quantitative estimate of drug-likeness (QED) is 0.738. The molecule has 0 spiro atoms. The van der Waals surface area contributed by atoms with Crippen molar-refractivity contribution in [2.75, 3.05) is 44.3 Å². The van der Waals surface area contributed by atoms with E-state index >= 15 is 0 Å². The summed E-state index contributed by atoms with van der Waals surface area (Å²) >= 11 is 0. The Balaban J connectivity index is 2.22. The van der Waals surface area contributed by atoms with Crippen molar-refractivity contribution in [3.8, 4) is 5.75 Å². The van der Waals surface area contributed by atoms with Gasteiger partial charge in [-0.3, -0.25) is 9.10 Å². The third-order valence-electron chi connectivity index (χ3n) is 4.47. The van der Waals surface area contributed by atoms with Gasteiger partial charge in [-0.2, -0.15) is 0 Å². The molecular weight excluding hydrogens is 366 g/mol. The van der Waals surface area contributed by atoms with Crippen LogP contribution in [0.25, 0.3) is 0 Å². The van der Waals surface area contributed by atoms with Crippen LogP contribution in [0.4, 0.5) is 5.69 Å². The van der Waals surface area contributed by atoms with E-state index < -0.39 is 16.1 Å². The molecular formula is C19H31N3O4S. The number of hydrogen-bond donors (Lipinski definition) is 1. The molecule has 1 aliphatic heterocycles. The van der Waals surface area contributed by atoms with Crippen molar-refractivity contribution in [2.24, 2.45) is 0 Å². The van der Waals surface area contributed by atoms with E-state index in [1.807, 2.05) is 31.1 Å². The first kappa shape index (κ1) is 21.5. The van der Waals surface area contributed by atoms with E-state index in [1.165, 1.54) is 4.31 Å². The van der Waals surface area contributed by atoms with Gasteiger partial charge >= 0.3 is 0 Å². The molecule has 0 aromatic heterocycles. The van der Waals surface area contributed by atoms with Crippen LogP contribution in [0.15, 0.2) is 18.2 Å². The highest BCUT2D eigenvalue weighted by atomic mass is 32.2. The van der Waals surface area contributed by atoms with Gasteiger partial charge in [-0.15, -0.1) is 0 Å². The van der Waals surface area contributed by atoms with Crippen LogP contribution in [-0.2, 0) is 20.2 Å². The Morgan fingerprint density at radius 3 is 2.56 bits per heavy atom. The van der Waals surface area contributed by atoms with Gasteiger partial charge in [0.2, 0.25) is 10.0 Å². The van der Waals surface area contributed by atoms with Gasteiger partial charge in [-0.05, 0) is 50.2 Å². The van der Waals surface area contributed by atoms with E-state index in [1.54, 1.807) is 6.07 Å². The number of nitrogens with zero attached hydrogens (tertiary/aromatic N) is 2. The Morgan fingerprint density at radius 1 is 1.33 bits per heavy atom. The molecule has 0 saturated carbocycles. The summed E-state index contributed by atoms with van der Waals surface area (Å²) in [6.07, 6.45) is 1.09. The summed E-state index contributed by atoms with van der Waals surface area (Å²) in [7, 11) is 0.404. The van der Waals surface area contributed by atoms with E-state index in [0.717, 1.165) is 24.8 Å². The lowest BCUT2D eigenvalue weighted by Crippen LogP contribution is -2.50. The van der Waals surface area contributed by atoms with Gasteiger partial charge in [0.15, 0.2) is 6.10 Å². The van der Waals surface area contributed by atoms with Gasteiger partial charge in [0.05, 0.1) is 18.5 Å². The van der Waals surface area contributed by atoms with Gasteiger partial charge in [0.1, 0.15) is 5.75 Å². The predicted octanol–water partition coefficient (Wildman–Crippen LogP) is 1.58. The molecule has 0 fully saturated rings. The minimum Gasteiger partial charge on any atom is -0.476 e. The third kappa shape index (κ3) is 5.59. The normalized spacial score (nSPS) is 17.4. The Morgan fingerprint density at radius 2 is 2.00 bits per heavy atom. The molecule has 0 radical (unpaired) electrons. The predicted molar refractivity (Wildman–Crippen MR) is 108 cm³/mol. The summed E-state index contributed by atoms with van der Waals surface area (Å²) in [6.45, 7) is 7.54. The van der Waals surface area contributed by atoms with Gasteiger partial charge in [-0.1, -0.05) is 26.8 Å². The average Bonchev–Trinajstić information content (AvgIpc) is 2.55. The standard InChI is InChI=1S/C19H31N3O4S/c1-19(2,3)14-8-9-16-15(12-14)22(27(6,24)25)13-17(26-16)18(23)20-10-7-11-21(4)5/h8-9,12,17H,7,10-11,13H2,1-6H3,(H,20,23). The highest BCUT2D eigenvalue weighted by Gasteiger charge is 2.35. The molecule has 7 nitrogen and oxygen atoms in total. The number of benzene rings is 1. The number of carbonyl (C=O) groups is 1. The summed E-state index contributed by atoms with van der Waals surface area (Å²) < 4.78 is 31.8. The van der Waals surface area contributed by atoms with Gasteiger partial charge in [-0.25, -0.2) is 8.42 Å². The van der Waals surface area contributed by atoms with Crippen molar-refractivity contribution < 1.29 is 17.9 Å². The maximum atomic E-state index is 12.5. The second kappa shape index (κ2) is 8.06. The molecule has 1 aromatic rings. The van der Waals surface area contributed by atoms with E-state index in [4.69, 9.17) is 4.74 Å². The number of fused-ring (bicyclic) bond motifs is 1. The summed E-state index contributed by atoms with van der Waals surface area (Å²) in [5.74, 6) is 0.112. The van der Waals surface area contributed by atoms with Gasteiger partial charge < -0.3 is 15.0 Å². The van der Waals surface area contributed by atoms with E-state index in [-0.39, 0.29) is 17.9 Å². The van der Waals surface area contributed by atoms with Crippen LogP contribution >= 0.6 is 0 Å². The lowest BCUT2D eigenvalue weighted by molar-refractivity contribution is -0.127. The zero-order chi connectivity index (χ0) is 20.4. The number of nitrogens with one attached hydrogen (secondary N) is 1. The first-order valence-electron chi connectivity index (χ1n) is 9.11. The number of sulfonamides is 1. The molecule has 152 valence electrons. The van der Waals surface area contributed by atoms with Crippen LogP contribution in [0.2, 0.25) is 0 Å². The van der Waals surface area contributed by atoms with Gasteiger partial charge in [0, 0.05) is 6.54 Å². The van der Waals surface area contributed by atoms with Crippen LogP contribution in [0.5, 0.6) is 5.75 Å². The first-order valence-corrected chi connectivity index (χ1v) is 11.0. The largest absolute Gasteiger partial charge is 0.476 e. The molecule has 1 unspecified atom stereocenters. The second-order valence-electron chi connectivity index (χ2n) is 8.28. The van der Waals surface area contributed by atoms with Crippen molar-refractivity contribution in [1.82, 2.24) is 10.2 Å². The average molecular weight is 398 g/mol. The van der Waals surface area contributed by atoms with Gasteiger partial charge in [0.25, 0.3) is 5.91 Å².